The Morgan fingerprint density at radius 2 is 2.08 bits per heavy atom. The van der Waals surface area contributed by atoms with E-state index >= 15 is 0 Å². The summed E-state index contributed by atoms with van der Waals surface area (Å²) >= 11 is 0. The smallest absolute Gasteiger partial charge is 0.223 e. The van der Waals surface area contributed by atoms with Crippen LogP contribution in [0.4, 0.5) is 0 Å². The summed E-state index contributed by atoms with van der Waals surface area (Å²) in [5.41, 5.74) is 0.933. The molecule has 1 amide bonds. The highest BCUT2D eigenvalue weighted by atomic mass is 35.5. The minimum absolute atomic E-state index is 0. The SMILES string of the molecule is COCCN(Cc1ccccn1)C(=O)CC1CC2CCC(C1)N2.Cl. The van der Waals surface area contributed by atoms with Crippen LogP contribution in [0.15, 0.2) is 24.4 Å². The number of amides is 1. The summed E-state index contributed by atoms with van der Waals surface area (Å²) in [7, 11) is 1.67. The van der Waals surface area contributed by atoms with Gasteiger partial charge in [0.1, 0.15) is 0 Å². The predicted molar refractivity (Wildman–Crippen MR) is 96.1 cm³/mol. The molecule has 24 heavy (non-hydrogen) atoms. The third-order valence-electron chi connectivity index (χ3n) is 5.03. The molecule has 0 radical (unpaired) electrons. The lowest BCUT2D eigenvalue weighted by atomic mass is 9.89. The molecule has 0 aromatic carbocycles. The van der Waals surface area contributed by atoms with Crippen molar-refractivity contribution in [3.05, 3.63) is 30.1 Å². The van der Waals surface area contributed by atoms with Gasteiger partial charge in [-0.3, -0.25) is 9.78 Å². The second kappa shape index (κ2) is 9.35. The Morgan fingerprint density at radius 3 is 2.71 bits per heavy atom. The second-order valence-electron chi connectivity index (χ2n) is 6.81. The lowest BCUT2D eigenvalue weighted by Gasteiger charge is -2.30. The molecule has 2 aliphatic rings. The van der Waals surface area contributed by atoms with E-state index in [2.05, 4.69) is 10.3 Å². The molecule has 1 aromatic heterocycles. The van der Waals surface area contributed by atoms with Crippen LogP contribution in [0.1, 0.15) is 37.8 Å². The monoisotopic (exact) mass is 353 g/mol. The van der Waals surface area contributed by atoms with Gasteiger partial charge in [-0.05, 0) is 43.7 Å². The van der Waals surface area contributed by atoms with Gasteiger partial charge in [0.2, 0.25) is 5.91 Å². The molecule has 0 aliphatic carbocycles. The third kappa shape index (κ3) is 5.16. The van der Waals surface area contributed by atoms with E-state index in [4.69, 9.17) is 4.74 Å². The van der Waals surface area contributed by atoms with Gasteiger partial charge < -0.3 is 15.0 Å². The molecule has 0 spiro atoms. The Labute approximate surface area is 150 Å². The van der Waals surface area contributed by atoms with E-state index in [0.29, 0.717) is 44.1 Å². The normalized spacial score (nSPS) is 25.1. The van der Waals surface area contributed by atoms with Crippen molar-refractivity contribution < 1.29 is 9.53 Å². The van der Waals surface area contributed by atoms with E-state index in [1.165, 1.54) is 12.8 Å². The van der Waals surface area contributed by atoms with E-state index in [1.807, 2.05) is 23.1 Å². The number of hydrogen-bond donors (Lipinski definition) is 1. The van der Waals surface area contributed by atoms with Crippen LogP contribution in [0.2, 0.25) is 0 Å². The first-order valence-corrected chi connectivity index (χ1v) is 8.67. The number of ether oxygens (including phenoxy) is 1. The van der Waals surface area contributed by atoms with Crippen molar-refractivity contribution in [1.82, 2.24) is 15.2 Å². The molecule has 6 heteroatoms. The van der Waals surface area contributed by atoms with E-state index in [9.17, 15) is 4.79 Å². The van der Waals surface area contributed by atoms with Gasteiger partial charge in [0.25, 0.3) is 0 Å². The van der Waals surface area contributed by atoms with Crippen molar-refractivity contribution in [2.24, 2.45) is 5.92 Å². The molecule has 3 heterocycles. The summed E-state index contributed by atoms with van der Waals surface area (Å²) < 4.78 is 5.17. The lowest BCUT2D eigenvalue weighted by molar-refractivity contribution is -0.133. The number of carbonyl (C=O) groups excluding carboxylic acids is 1. The highest BCUT2D eigenvalue weighted by Crippen LogP contribution is 2.33. The first kappa shape index (κ1) is 19.2. The number of hydrogen-bond acceptors (Lipinski definition) is 4. The molecular weight excluding hydrogens is 326 g/mol. The van der Waals surface area contributed by atoms with Gasteiger partial charge in [-0.1, -0.05) is 6.07 Å². The van der Waals surface area contributed by atoms with Crippen molar-refractivity contribution in [3.8, 4) is 0 Å². The molecule has 5 nitrogen and oxygen atoms in total. The maximum absolute atomic E-state index is 12.8. The van der Waals surface area contributed by atoms with Crippen molar-refractivity contribution in [1.29, 1.82) is 0 Å². The highest BCUT2D eigenvalue weighted by Gasteiger charge is 2.34. The number of aromatic nitrogens is 1. The molecule has 2 saturated heterocycles. The minimum atomic E-state index is 0. The molecule has 3 rings (SSSR count). The van der Waals surface area contributed by atoms with Gasteiger partial charge in [0.15, 0.2) is 0 Å². The van der Waals surface area contributed by atoms with Crippen molar-refractivity contribution in [2.75, 3.05) is 20.3 Å². The van der Waals surface area contributed by atoms with Crippen molar-refractivity contribution in [3.63, 3.8) is 0 Å². The number of nitrogens with one attached hydrogen (secondary N) is 1. The van der Waals surface area contributed by atoms with Crippen LogP contribution in [0.5, 0.6) is 0 Å². The van der Waals surface area contributed by atoms with Gasteiger partial charge in [0, 0.05) is 38.4 Å². The molecule has 2 bridgehead atoms. The van der Waals surface area contributed by atoms with Crippen LogP contribution in [-0.4, -0.2) is 48.1 Å². The number of pyridine rings is 1. The number of halogens is 1. The maximum atomic E-state index is 12.8. The number of nitrogens with zero attached hydrogens (tertiary/aromatic N) is 2. The Kier molecular flexibility index (Phi) is 7.46. The van der Waals surface area contributed by atoms with Crippen LogP contribution in [0.3, 0.4) is 0 Å². The van der Waals surface area contributed by atoms with E-state index in [0.717, 1.165) is 18.5 Å². The molecule has 1 N–H and O–H groups in total. The van der Waals surface area contributed by atoms with Crippen LogP contribution >= 0.6 is 12.4 Å². The summed E-state index contributed by atoms with van der Waals surface area (Å²) in [6.07, 6.45) is 7.27. The molecule has 2 unspecified atom stereocenters. The van der Waals surface area contributed by atoms with Crippen LogP contribution < -0.4 is 5.32 Å². The predicted octanol–water partition coefficient (Wildman–Crippen LogP) is 2.40. The fourth-order valence-electron chi connectivity index (χ4n) is 3.90. The molecule has 2 atom stereocenters. The van der Waals surface area contributed by atoms with E-state index < -0.39 is 0 Å². The Hall–Kier alpha value is -1.17. The summed E-state index contributed by atoms with van der Waals surface area (Å²) in [6.45, 7) is 1.76. The fraction of sp³-hybridized carbons (Fsp3) is 0.667. The lowest BCUT2D eigenvalue weighted by Crippen LogP contribution is -2.41. The zero-order chi connectivity index (χ0) is 16.1. The van der Waals surface area contributed by atoms with Gasteiger partial charge >= 0.3 is 0 Å². The highest BCUT2D eigenvalue weighted by molar-refractivity contribution is 5.85. The van der Waals surface area contributed by atoms with Gasteiger partial charge in [-0.2, -0.15) is 0 Å². The summed E-state index contributed by atoms with van der Waals surface area (Å²) in [6, 6.07) is 7.10. The Balaban J connectivity index is 0.00000208. The number of fused-ring (bicyclic) bond motifs is 2. The average Bonchev–Trinajstić information content (AvgIpc) is 2.91. The van der Waals surface area contributed by atoms with Crippen molar-refractivity contribution in [2.45, 2.75) is 50.7 Å². The van der Waals surface area contributed by atoms with Gasteiger partial charge in [-0.15, -0.1) is 12.4 Å². The van der Waals surface area contributed by atoms with E-state index in [-0.39, 0.29) is 18.3 Å². The summed E-state index contributed by atoms with van der Waals surface area (Å²) in [5, 5.41) is 3.64. The number of carbonyl (C=O) groups is 1. The van der Waals surface area contributed by atoms with Crippen molar-refractivity contribution >= 4 is 18.3 Å². The molecular formula is C18H28ClN3O2. The third-order valence-corrected chi connectivity index (χ3v) is 5.03. The standard InChI is InChI=1S/C18H27N3O2.ClH/c1-23-9-8-21(13-17-4-2-3-7-19-17)18(22)12-14-10-15-5-6-16(11-14)20-15;/h2-4,7,14-16,20H,5-6,8-13H2,1H3;1H. The van der Waals surface area contributed by atoms with Crippen LogP contribution in [0.25, 0.3) is 0 Å². The minimum Gasteiger partial charge on any atom is -0.383 e. The van der Waals surface area contributed by atoms with Gasteiger partial charge in [-0.25, -0.2) is 0 Å². The quantitative estimate of drug-likeness (QED) is 0.817. The molecule has 134 valence electrons. The first-order chi connectivity index (χ1) is 11.2. The number of methoxy groups -OCH3 is 1. The molecule has 2 fully saturated rings. The zero-order valence-corrected chi connectivity index (χ0v) is 15.1. The second-order valence-corrected chi connectivity index (χ2v) is 6.81. The fourth-order valence-corrected chi connectivity index (χ4v) is 3.90. The van der Waals surface area contributed by atoms with Crippen LogP contribution in [0, 0.1) is 5.92 Å². The average molecular weight is 354 g/mol. The number of rotatable bonds is 7. The zero-order valence-electron chi connectivity index (χ0n) is 14.3. The Bertz CT molecular complexity index is 502. The first-order valence-electron chi connectivity index (χ1n) is 8.67. The maximum Gasteiger partial charge on any atom is 0.223 e. The Morgan fingerprint density at radius 1 is 1.33 bits per heavy atom. The molecule has 0 saturated carbocycles. The van der Waals surface area contributed by atoms with Crippen LogP contribution in [-0.2, 0) is 16.1 Å². The molecule has 2 aliphatic heterocycles. The summed E-state index contributed by atoms with van der Waals surface area (Å²) in [4.78, 5) is 19.0. The van der Waals surface area contributed by atoms with Gasteiger partial charge in [0.05, 0.1) is 18.8 Å². The molecule has 1 aromatic rings. The topological polar surface area (TPSA) is 54.5 Å². The van der Waals surface area contributed by atoms with E-state index in [1.54, 1.807) is 13.3 Å². The largest absolute Gasteiger partial charge is 0.383 e. The summed E-state index contributed by atoms with van der Waals surface area (Å²) in [5.74, 6) is 0.758. The number of piperidine rings is 1.